The van der Waals surface area contributed by atoms with Crippen LogP contribution in [-0.4, -0.2) is 32.7 Å². The molecule has 0 aliphatic carbocycles. The van der Waals surface area contributed by atoms with E-state index < -0.39 is 5.97 Å². The summed E-state index contributed by atoms with van der Waals surface area (Å²) < 4.78 is 1.39. The number of imide groups is 1. The number of amides is 2. The fourth-order valence-electron chi connectivity index (χ4n) is 2.59. The van der Waals surface area contributed by atoms with Crippen molar-refractivity contribution in [2.75, 3.05) is 0 Å². The van der Waals surface area contributed by atoms with Crippen molar-refractivity contribution in [3.05, 3.63) is 30.0 Å². The Hall–Kier alpha value is -2.70. The van der Waals surface area contributed by atoms with Gasteiger partial charge in [0.25, 0.3) is 0 Å². The third-order valence-electron chi connectivity index (χ3n) is 3.59. The lowest BCUT2D eigenvalue weighted by atomic mass is 9.90. The molecule has 1 atom stereocenters. The lowest BCUT2D eigenvalue weighted by Gasteiger charge is -2.21. The summed E-state index contributed by atoms with van der Waals surface area (Å²) in [4.78, 5) is 33.8. The Labute approximate surface area is 119 Å². The summed E-state index contributed by atoms with van der Waals surface area (Å²) >= 11 is 0. The smallest absolute Gasteiger partial charge is 0.325 e. The van der Waals surface area contributed by atoms with Gasteiger partial charge in [-0.2, -0.15) is 5.10 Å². The van der Waals surface area contributed by atoms with Crippen molar-refractivity contribution in [2.45, 2.75) is 25.3 Å². The maximum absolute atomic E-state index is 11.9. The number of piperidine rings is 1. The number of fused-ring (bicyclic) bond motifs is 1. The topological polar surface area (TPSA) is 101 Å². The predicted molar refractivity (Wildman–Crippen MR) is 72.5 cm³/mol. The Balaban J connectivity index is 1.93. The molecule has 0 bridgehead atoms. The monoisotopic (exact) mass is 287 g/mol. The number of benzene rings is 1. The molecule has 1 fully saturated rings. The van der Waals surface area contributed by atoms with E-state index in [1.54, 1.807) is 18.3 Å². The van der Waals surface area contributed by atoms with Crippen LogP contribution in [0.2, 0.25) is 0 Å². The number of hydrogen-bond acceptors (Lipinski definition) is 4. The number of hydrogen-bond donors (Lipinski definition) is 2. The SMILES string of the molecule is O=C(O)Cn1ncc2cc(C3CCC(=O)NC3=O)ccc21. The van der Waals surface area contributed by atoms with E-state index in [0.29, 0.717) is 18.4 Å². The van der Waals surface area contributed by atoms with E-state index in [4.69, 9.17) is 5.11 Å². The number of carbonyl (C=O) groups is 3. The first-order valence-electron chi connectivity index (χ1n) is 6.55. The number of rotatable bonds is 3. The molecule has 1 unspecified atom stereocenters. The van der Waals surface area contributed by atoms with Crippen LogP contribution in [0.4, 0.5) is 0 Å². The van der Waals surface area contributed by atoms with Gasteiger partial charge < -0.3 is 5.11 Å². The minimum atomic E-state index is -0.964. The lowest BCUT2D eigenvalue weighted by Crippen LogP contribution is -2.39. The first kappa shape index (κ1) is 13.3. The van der Waals surface area contributed by atoms with Crippen LogP contribution < -0.4 is 5.32 Å². The number of aromatic nitrogens is 2. The summed E-state index contributed by atoms with van der Waals surface area (Å²) in [5.41, 5.74) is 1.51. The fourth-order valence-corrected chi connectivity index (χ4v) is 2.59. The Kier molecular flexibility index (Phi) is 3.17. The summed E-state index contributed by atoms with van der Waals surface area (Å²) in [6, 6.07) is 5.35. The molecule has 1 saturated heterocycles. The van der Waals surface area contributed by atoms with Crippen molar-refractivity contribution in [3.63, 3.8) is 0 Å². The van der Waals surface area contributed by atoms with Crippen LogP contribution in [0, 0.1) is 0 Å². The maximum Gasteiger partial charge on any atom is 0.325 e. The first-order valence-corrected chi connectivity index (χ1v) is 6.55. The van der Waals surface area contributed by atoms with Gasteiger partial charge >= 0.3 is 5.97 Å². The van der Waals surface area contributed by atoms with E-state index in [0.717, 1.165) is 10.9 Å². The zero-order chi connectivity index (χ0) is 15.0. The average Bonchev–Trinajstić information content (AvgIpc) is 2.80. The fraction of sp³-hybridized carbons (Fsp3) is 0.286. The molecule has 0 saturated carbocycles. The highest BCUT2D eigenvalue weighted by Gasteiger charge is 2.28. The molecule has 1 aromatic carbocycles. The summed E-state index contributed by atoms with van der Waals surface area (Å²) in [5, 5.41) is 16.0. The Morgan fingerprint density at radius 1 is 1.43 bits per heavy atom. The lowest BCUT2D eigenvalue weighted by molar-refractivity contribution is -0.138. The van der Waals surface area contributed by atoms with Gasteiger partial charge in [0.15, 0.2) is 0 Å². The number of nitrogens with zero attached hydrogens (tertiary/aromatic N) is 2. The van der Waals surface area contributed by atoms with Gasteiger partial charge in [-0.15, -0.1) is 0 Å². The van der Waals surface area contributed by atoms with Gasteiger partial charge in [0, 0.05) is 11.8 Å². The van der Waals surface area contributed by atoms with Crippen LogP contribution in [-0.2, 0) is 20.9 Å². The van der Waals surface area contributed by atoms with Gasteiger partial charge in [-0.25, -0.2) is 0 Å². The Morgan fingerprint density at radius 2 is 2.24 bits per heavy atom. The Bertz CT molecular complexity index is 750. The van der Waals surface area contributed by atoms with Gasteiger partial charge in [0.05, 0.1) is 17.6 Å². The second kappa shape index (κ2) is 5.01. The van der Waals surface area contributed by atoms with Crippen LogP contribution in [0.3, 0.4) is 0 Å². The number of carboxylic acid groups (broad SMARTS) is 1. The van der Waals surface area contributed by atoms with Gasteiger partial charge in [-0.1, -0.05) is 6.07 Å². The highest BCUT2D eigenvalue weighted by atomic mass is 16.4. The molecular formula is C14H13N3O4. The molecule has 7 nitrogen and oxygen atoms in total. The van der Waals surface area contributed by atoms with Gasteiger partial charge in [0.2, 0.25) is 11.8 Å². The molecule has 3 rings (SSSR count). The summed E-state index contributed by atoms with van der Waals surface area (Å²) in [5.74, 6) is -1.85. The molecule has 2 heterocycles. The van der Waals surface area contributed by atoms with E-state index in [2.05, 4.69) is 10.4 Å². The molecular weight excluding hydrogens is 274 g/mol. The standard InChI is InChI=1S/C14H13N3O4/c18-12-4-2-10(14(21)16-12)8-1-3-11-9(5-8)6-15-17(11)7-13(19)20/h1,3,5-6,10H,2,4,7H2,(H,19,20)(H,16,18,21). The van der Waals surface area contributed by atoms with Crippen molar-refractivity contribution in [2.24, 2.45) is 0 Å². The minimum Gasteiger partial charge on any atom is -0.480 e. The largest absolute Gasteiger partial charge is 0.480 e. The molecule has 1 aliphatic rings. The van der Waals surface area contributed by atoms with Crippen LogP contribution in [0.1, 0.15) is 24.3 Å². The average molecular weight is 287 g/mol. The molecule has 1 aliphatic heterocycles. The van der Waals surface area contributed by atoms with Crippen LogP contribution in [0.15, 0.2) is 24.4 Å². The Morgan fingerprint density at radius 3 is 2.95 bits per heavy atom. The molecule has 7 heteroatoms. The summed E-state index contributed by atoms with van der Waals surface area (Å²) in [6.07, 6.45) is 2.39. The van der Waals surface area contributed by atoms with Crippen molar-refractivity contribution in [1.82, 2.24) is 15.1 Å². The van der Waals surface area contributed by atoms with E-state index in [-0.39, 0.29) is 24.3 Å². The maximum atomic E-state index is 11.9. The van der Waals surface area contributed by atoms with Crippen LogP contribution >= 0.6 is 0 Å². The number of carboxylic acids is 1. The highest BCUT2D eigenvalue weighted by molar-refractivity contribution is 6.01. The van der Waals surface area contributed by atoms with E-state index in [9.17, 15) is 14.4 Å². The molecule has 0 spiro atoms. The highest BCUT2D eigenvalue weighted by Crippen LogP contribution is 2.27. The summed E-state index contributed by atoms with van der Waals surface area (Å²) in [6.45, 7) is -0.207. The van der Waals surface area contributed by atoms with Crippen molar-refractivity contribution < 1.29 is 19.5 Å². The second-order valence-corrected chi connectivity index (χ2v) is 5.02. The molecule has 2 aromatic rings. The van der Waals surface area contributed by atoms with E-state index in [1.807, 2.05) is 6.07 Å². The number of carbonyl (C=O) groups excluding carboxylic acids is 2. The normalized spacial score (nSPS) is 18.8. The second-order valence-electron chi connectivity index (χ2n) is 5.02. The van der Waals surface area contributed by atoms with Gasteiger partial charge in [0.1, 0.15) is 6.54 Å². The molecule has 0 radical (unpaired) electrons. The molecule has 2 amide bonds. The molecule has 1 aromatic heterocycles. The van der Waals surface area contributed by atoms with E-state index in [1.165, 1.54) is 4.68 Å². The molecule has 21 heavy (non-hydrogen) atoms. The third kappa shape index (κ3) is 2.49. The predicted octanol–water partition coefficient (Wildman–Crippen LogP) is 0.641. The zero-order valence-corrected chi connectivity index (χ0v) is 11.1. The number of aliphatic carboxylic acids is 1. The first-order chi connectivity index (χ1) is 10.0. The van der Waals surface area contributed by atoms with Crippen molar-refractivity contribution >= 4 is 28.7 Å². The number of nitrogens with one attached hydrogen (secondary N) is 1. The van der Waals surface area contributed by atoms with Crippen LogP contribution in [0.25, 0.3) is 10.9 Å². The van der Waals surface area contributed by atoms with Crippen molar-refractivity contribution in [1.29, 1.82) is 0 Å². The minimum absolute atomic E-state index is 0.207. The quantitative estimate of drug-likeness (QED) is 0.807. The molecule has 2 N–H and O–H groups in total. The van der Waals surface area contributed by atoms with Gasteiger partial charge in [-0.3, -0.25) is 24.4 Å². The van der Waals surface area contributed by atoms with Crippen LogP contribution in [0.5, 0.6) is 0 Å². The zero-order valence-electron chi connectivity index (χ0n) is 11.1. The van der Waals surface area contributed by atoms with Gasteiger partial charge in [-0.05, 0) is 24.1 Å². The third-order valence-corrected chi connectivity index (χ3v) is 3.59. The van der Waals surface area contributed by atoms with E-state index >= 15 is 0 Å². The summed E-state index contributed by atoms with van der Waals surface area (Å²) in [7, 11) is 0. The molecule has 108 valence electrons. The van der Waals surface area contributed by atoms with Crippen molar-refractivity contribution in [3.8, 4) is 0 Å².